The molecular formula is C11H8FNO3. The van der Waals surface area contributed by atoms with Gasteiger partial charge in [-0.25, -0.2) is 9.18 Å². The highest BCUT2D eigenvalue weighted by molar-refractivity contribution is 5.92. The maximum atomic E-state index is 13.3. The number of aromatic amines is 1. The average molecular weight is 221 g/mol. The Labute approximate surface area is 89.7 Å². The lowest BCUT2D eigenvalue weighted by atomic mass is 10.1. The molecular weight excluding hydrogens is 213 g/mol. The number of H-pyrrole nitrogens is 1. The number of benzene rings is 1. The zero-order valence-electron chi connectivity index (χ0n) is 8.41. The number of aromatic nitrogens is 1. The Hall–Kier alpha value is -2.17. The van der Waals surface area contributed by atoms with Gasteiger partial charge in [-0.2, -0.15) is 0 Å². The third kappa shape index (κ3) is 1.56. The number of halogens is 1. The van der Waals surface area contributed by atoms with Crippen molar-refractivity contribution in [3.05, 3.63) is 46.1 Å². The third-order valence-corrected chi connectivity index (χ3v) is 2.23. The number of carbonyl (C=O) groups excluding carboxylic acids is 1. The number of nitrogens with one attached hydrogen (secondary N) is 1. The summed E-state index contributed by atoms with van der Waals surface area (Å²) in [5.41, 5.74) is -0.637. The van der Waals surface area contributed by atoms with Crippen molar-refractivity contribution in [2.24, 2.45) is 0 Å². The van der Waals surface area contributed by atoms with Crippen LogP contribution in [0.3, 0.4) is 0 Å². The molecule has 4 nitrogen and oxygen atoms in total. The molecule has 0 unspecified atom stereocenters. The van der Waals surface area contributed by atoms with Gasteiger partial charge >= 0.3 is 5.97 Å². The zero-order valence-corrected chi connectivity index (χ0v) is 8.41. The summed E-state index contributed by atoms with van der Waals surface area (Å²) in [6.07, 6.45) is 0. The molecule has 1 heterocycles. The fraction of sp³-hybridized carbons (Fsp3) is 0.0909. The van der Waals surface area contributed by atoms with Crippen molar-refractivity contribution in [3.8, 4) is 0 Å². The molecule has 0 amide bonds. The second kappa shape index (κ2) is 3.77. The van der Waals surface area contributed by atoms with Crippen molar-refractivity contribution in [3.63, 3.8) is 0 Å². The van der Waals surface area contributed by atoms with Crippen LogP contribution in [0, 0.1) is 5.82 Å². The van der Waals surface area contributed by atoms with E-state index in [1.807, 2.05) is 0 Å². The van der Waals surface area contributed by atoms with Crippen LogP contribution in [0.25, 0.3) is 10.8 Å². The lowest BCUT2D eigenvalue weighted by molar-refractivity contribution is 0.0594. The Morgan fingerprint density at radius 1 is 1.44 bits per heavy atom. The van der Waals surface area contributed by atoms with E-state index in [-0.39, 0.29) is 11.1 Å². The van der Waals surface area contributed by atoms with E-state index < -0.39 is 17.3 Å². The van der Waals surface area contributed by atoms with Crippen LogP contribution >= 0.6 is 0 Å². The Kier molecular flexibility index (Phi) is 2.44. The normalized spacial score (nSPS) is 10.4. The number of ether oxygens (including phenoxy) is 1. The van der Waals surface area contributed by atoms with Crippen LogP contribution in [0.2, 0.25) is 0 Å². The summed E-state index contributed by atoms with van der Waals surface area (Å²) in [4.78, 5) is 25.0. The molecule has 0 bridgehead atoms. The highest BCUT2D eigenvalue weighted by Gasteiger charge is 2.11. The topological polar surface area (TPSA) is 59.2 Å². The lowest BCUT2D eigenvalue weighted by Crippen LogP contribution is -2.15. The predicted octanol–water partition coefficient (Wildman–Crippen LogP) is 1.45. The molecule has 0 radical (unpaired) electrons. The van der Waals surface area contributed by atoms with E-state index in [0.717, 1.165) is 0 Å². The number of pyridine rings is 1. The standard InChI is InChI=1S/C11H8FNO3/c1-16-11(15)8-5-6-3-2-4-7(12)9(6)10(14)13-8/h2-5H,1H3,(H,13,14). The van der Waals surface area contributed by atoms with Gasteiger partial charge in [0, 0.05) is 0 Å². The van der Waals surface area contributed by atoms with Gasteiger partial charge in [0.2, 0.25) is 0 Å². The van der Waals surface area contributed by atoms with E-state index in [4.69, 9.17) is 0 Å². The Morgan fingerprint density at radius 2 is 2.19 bits per heavy atom. The lowest BCUT2D eigenvalue weighted by Gasteiger charge is -2.02. The number of methoxy groups -OCH3 is 1. The van der Waals surface area contributed by atoms with Crippen molar-refractivity contribution < 1.29 is 13.9 Å². The molecule has 0 aliphatic rings. The molecule has 0 atom stereocenters. The van der Waals surface area contributed by atoms with Gasteiger partial charge in [-0.1, -0.05) is 12.1 Å². The van der Waals surface area contributed by atoms with Gasteiger partial charge in [0.05, 0.1) is 12.5 Å². The minimum absolute atomic E-state index is 0.00519. The van der Waals surface area contributed by atoms with Crippen LogP contribution in [0.5, 0.6) is 0 Å². The molecule has 16 heavy (non-hydrogen) atoms. The number of rotatable bonds is 1. The molecule has 1 N–H and O–H groups in total. The number of hydrogen-bond donors (Lipinski definition) is 1. The molecule has 0 fully saturated rings. The summed E-state index contributed by atoms with van der Waals surface area (Å²) in [5.74, 6) is -1.28. The highest BCUT2D eigenvalue weighted by atomic mass is 19.1. The van der Waals surface area contributed by atoms with Crippen LogP contribution in [-0.2, 0) is 4.74 Å². The fourth-order valence-electron chi connectivity index (χ4n) is 1.50. The molecule has 0 saturated carbocycles. The maximum Gasteiger partial charge on any atom is 0.354 e. The van der Waals surface area contributed by atoms with Crippen molar-refractivity contribution in [1.29, 1.82) is 0 Å². The van der Waals surface area contributed by atoms with Crippen LogP contribution in [0.15, 0.2) is 29.1 Å². The first kappa shape index (κ1) is 10.4. The molecule has 1 aromatic heterocycles. The first-order valence-electron chi connectivity index (χ1n) is 4.53. The van der Waals surface area contributed by atoms with Crippen molar-refractivity contribution in [2.45, 2.75) is 0 Å². The quantitative estimate of drug-likeness (QED) is 0.741. The summed E-state index contributed by atoms with van der Waals surface area (Å²) in [6, 6.07) is 5.60. The Balaban J connectivity index is 2.79. The Morgan fingerprint density at radius 3 is 2.88 bits per heavy atom. The number of esters is 1. The van der Waals surface area contributed by atoms with Crippen LogP contribution in [-0.4, -0.2) is 18.1 Å². The average Bonchev–Trinajstić information content (AvgIpc) is 2.27. The monoisotopic (exact) mass is 221 g/mol. The smallest absolute Gasteiger partial charge is 0.354 e. The van der Waals surface area contributed by atoms with E-state index >= 15 is 0 Å². The molecule has 0 aliphatic carbocycles. The molecule has 1 aromatic carbocycles. The van der Waals surface area contributed by atoms with Crippen LogP contribution in [0.4, 0.5) is 4.39 Å². The van der Waals surface area contributed by atoms with Gasteiger partial charge in [0.15, 0.2) is 0 Å². The highest BCUT2D eigenvalue weighted by Crippen LogP contribution is 2.14. The number of hydrogen-bond acceptors (Lipinski definition) is 3. The summed E-state index contributed by atoms with van der Waals surface area (Å²) < 4.78 is 17.8. The molecule has 2 rings (SSSR count). The minimum Gasteiger partial charge on any atom is -0.464 e. The molecule has 2 aromatic rings. The van der Waals surface area contributed by atoms with Gasteiger partial charge in [0.25, 0.3) is 5.56 Å². The maximum absolute atomic E-state index is 13.3. The van der Waals surface area contributed by atoms with Gasteiger partial charge in [-0.3, -0.25) is 4.79 Å². The summed E-state index contributed by atoms with van der Waals surface area (Å²) in [5, 5.41) is 0.305. The van der Waals surface area contributed by atoms with Gasteiger partial charge in [-0.15, -0.1) is 0 Å². The minimum atomic E-state index is -0.664. The van der Waals surface area contributed by atoms with E-state index in [1.165, 1.54) is 25.3 Å². The fourth-order valence-corrected chi connectivity index (χ4v) is 1.50. The molecule has 0 saturated heterocycles. The Bertz CT molecular complexity index is 618. The van der Waals surface area contributed by atoms with Crippen molar-refractivity contribution >= 4 is 16.7 Å². The van der Waals surface area contributed by atoms with E-state index in [0.29, 0.717) is 5.39 Å². The van der Waals surface area contributed by atoms with Crippen molar-refractivity contribution in [1.82, 2.24) is 4.98 Å². The van der Waals surface area contributed by atoms with Gasteiger partial charge < -0.3 is 9.72 Å². The van der Waals surface area contributed by atoms with E-state index in [1.54, 1.807) is 6.07 Å². The molecule has 82 valence electrons. The van der Waals surface area contributed by atoms with Crippen molar-refractivity contribution in [2.75, 3.05) is 7.11 Å². The second-order valence-corrected chi connectivity index (χ2v) is 3.21. The van der Waals surface area contributed by atoms with E-state index in [9.17, 15) is 14.0 Å². The first-order valence-corrected chi connectivity index (χ1v) is 4.53. The summed E-state index contributed by atoms with van der Waals surface area (Å²) in [7, 11) is 1.20. The van der Waals surface area contributed by atoms with Crippen LogP contribution < -0.4 is 5.56 Å². The largest absolute Gasteiger partial charge is 0.464 e. The van der Waals surface area contributed by atoms with E-state index in [2.05, 4.69) is 9.72 Å². The summed E-state index contributed by atoms with van der Waals surface area (Å²) in [6.45, 7) is 0. The zero-order chi connectivity index (χ0) is 11.7. The summed E-state index contributed by atoms with van der Waals surface area (Å²) >= 11 is 0. The SMILES string of the molecule is COC(=O)c1cc2cccc(F)c2c(=O)[nH]1. The van der Waals surface area contributed by atoms with Gasteiger partial charge in [0.1, 0.15) is 11.5 Å². The molecule has 5 heteroatoms. The molecule has 0 spiro atoms. The van der Waals surface area contributed by atoms with Gasteiger partial charge in [-0.05, 0) is 17.5 Å². The predicted molar refractivity (Wildman–Crippen MR) is 55.9 cm³/mol. The third-order valence-electron chi connectivity index (χ3n) is 2.23. The van der Waals surface area contributed by atoms with Crippen LogP contribution in [0.1, 0.15) is 10.5 Å². The first-order chi connectivity index (χ1) is 7.63. The second-order valence-electron chi connectivity index (χ2n) is 3.21. The molecule has 0 aliphatic heterocycles. The number of carbonyl (C=O) groups is 1. The number of fused-ring (bicyclic) bond motifs is 1.